The van der Waals surface area contributed by atoms with Crippen molar-refractivity contribution in [2.75, 3.05) is 13.1 Å². The van der Waals surface area contributed by atoms with Crippen molar-refractivity contribution in [3.05, 3.63) is 77.3 Å². The first-order chi connectivity index (χ1) is 13.8. The van der Waals surface area contributed by atoms with Crippen LogP contribution in [0.3, 0.4) is 0 Å². The molecule has 5 nitrogen and oxygen atoms in total. The molecule has 0 saturated carbocycles. The minimum absolute atomic E-state index is 0.111. The van der Waals surface area contributed by atoms with E-state index in [0.29, 0.717) is 5.76 Å². The third-order valence-electron chi connectivity index (χ3n) is 4.50. The lowest BCUT2D eigenvalue weighted by Crippen LogP contribution is -2.20. The average molecular weight is 383 g/mol. The van der Waals surface area contributed by atoms with Gasteiger partial charge in [-0.1, -0.05) is 61.9 Å². The zero-order valence-corrected chi connectivity index (χ0v) is 16.7. The molecule has 2 aromatic rings. The van der Waals surface area contributed by atoms with Crippen LogP contribution < -0.4 is 10.8 Å². The summed E-state index contributed by atoms with van der Waals surface area (Å²) in [5.74, 6) is 0.155. The van der Waals surface area contributed by atoms with Crippen molar-refractivity contribution in [1.82, 2.24) is 10.8 Å². The van der Waals surface area contributed by atoms with Gasteiger partial charge in [-0.15, -0.1) is 0 Å². The Bertz CT molecular complexity index is 791. The molecule has 0 unspecified atom stereocenters. The topological polar surface area (TPSA) is 74.5 Å². The number of carbonyl (C=O) groups excluding carboxylic acids is 1. The van der Waals surface area contributed by atoms with Crippen LogP contribution in [0.4, 0.5) is 0 Å². The van der Waals surface area contributed by atoms with Crippen molar-refractivity contribution in [2.24, 2.45) is 0 Å². The fourth-order valence-corrected chi connectivity index (χ4v) is 3.06. The Labute approximate surface area is 167 Å². The van der Waals surface area contributed by atoms with Gasteiger partial charge >= 0.3 is 5.91 Å². The second-order valence-corrected chi connectivity index (χ2v) is 6.39. The van der Waals surface area contributed by atoms with E-state index < -0.39 is 5.91 Å². The molecule has 28 heavy (non-hydrogen) atoms. The molecule has 0 saturated heterocycles. The minimum atomic E-state index is -0.635. The molecular formula is C23H30N2O3. The van der Waals surface area contributed by atoms with Crippen molar-refractivity contribution < 1.29 is 14.4 Å². The molecule has 5 heteroatoms. The van der Waals surface area contributed by atoms with Gasteiger partial charge < -0.3 is 9.73 Å². The van der Waals surface area contributed by atoms with E-state index in [2.05, 4.69) is 41.7 Å². The normalized spacial score (nSPS) is 13.5. The summed E-state index contributed by atoms with van der Waals surface area (Å²) in [5, 5.41) is 12.2. The number of furan rings is 1. The zero-order valence-electron chi connectivity index (χ0n) is 16.7. The lowest BCUT2D eigenvalue weighted by atomic mass is 10.1. The third-order valence-corrected chi connectivity index (χ3v) is 4.50. The number of amides is 1. The monoisotopic (exact) mass is 382 g/mol. The van der Waals surface area contributed by atoms with E-state index >= 15 is 0 Å². The van der Waals surface area contributed by atoms with Gasteiger partial charge in [0.1, 0.15) is 5.76 Å². The second-order valence-electron chi connectivity index (χ2n) is 6.39. The Morgan fingerprint density at radius 3 is 2.61 bits per heavy atom. The van der Waals surface area contributed by atoms with Crippen LogP contribution in [0.1, 0.15) is 55.0 Å². The van der Waals surface area contributed by atoms with Crippen molar-refractivity contribution in [1.29, 1.82) is 0 Å². The molecule has 150 valence electrons. The number of hydroxylamine groups is 1. The number of hydrogen-bond donors (Lipinski definition) is 3. The van der Waals surface area contributed by atoms with Gasteiger partial charge in [0.15, 0.2) is 5.76 Å². The lowest BCUT2D eigenvalue weighted by molar-refractivity contribution is 0.0675. The highest BCUT2D eigenvalue weighted by molar-refractivity contribution is 5.90. The molecule has 1 aliphatic rings. The fourth-order valence-electron chi connectivity index (χ4n) is 3.06. The van der Waals surface area contributed by atoms with Gasteiger partial charge in [0.25, 0.3) is 0 Å². The second kappa shape index (κ2) is 12.0. The molecule has 0 fully saturated rings. The SMILES string of the molecule is CC.O=C(NO)c1ccc(C2=CC=C(CNCCc3ccccc3)CCC2)o1. The van der Waals surface area contributed by atoms with E-state index in [4.69, 9.17) is 9.62 Å². The van der Waals surface area contributed by atoms with Gasteiger partial charge in [0.05, 0.1) is 0 Å². The molecule has 1 amide bonds. The Hall–Kier alpha value is -2.63. The zero-order chi connectivity index (χ0) is 20.2. The third kappa shape index (κ3) is 6.51. The van der Waals surface area contributed by atoms with E-state index in [0.717, 1.165) is 44.3 Å². The first-order valence-electron chi connectivity index (χ1n) is 9.94. The molecule has 0 atom stereocenters. The number of hydrogen-bond acceptors (Lipinski definition) is 4. The minimum Gasteiger partial charge on any atom is -0.451 e. The molecule has 0 radical (unpaired) electrons. The summed E-state index contributed by atoms with van der Waals surface area (Å²) in [6.45, 7) is 5.84. The van der Waals surface area contributed by atoms with Crippen molar-refractivity contribution >= 4 is 11.5 Å². The van der Waals surface area contributed by atoms with E-state index in [-0.39, 0.29) is 5.76 Å². The van der Waals surface area contributed by atoms with Crippen LogP contribution in [0.2, 0.25) is 0 Å². The average Bonchev–Trinajstić information content (AvgIpc) is 3.13. The highest BCUT2D eigenvalue weighted by Crippen LogP contribution is 2.27. The molecular weight excluding hydrogens is 352 g/mol. The van der Waals surface area contributed by atoms with E-state index in [1.54, 1.807) is 17.6 Å². The van der Waals surface area contributed by atoms with Gasteiger partial charge in [0, 0.05) is 6.54 Å². The summed E-state index contributed by atoms with van der Waals surface area (Å²) in [5.41, 5.74) is 5.37. The van der Waals surface area contributed by atoms with E-state index in [9.17, 15) is 4.79 Å². The van der Waals surface area contributed by atoms with Crippen LogP contribution in [0.25, 0.3) is 5.57 Å². The molecule has 1 aromatic carbocycles. The van der Waals surface area contributed by atoms with Crippen LogP contribution in [0.15, 0.2) is 64.6 Å². The summed E-state index contributed by atoms with van der Waals surface area (Å²) in [4.78, 5) is 11.4. The van der Waals surface area contributed by atoms with Crippen LogP contribution in [-0.2, 0) is 6.42 Å². The highest BCUT2D eigenvalue weighted by Gasteiger charge is 2.14. The fraction of sp³-hybridized carbons (Fsp3) is 0.348. The predicted molar refractivity (Wildman–Crippen MR) is 112 cm³/mol. The molecule has 3 rings (SSSR count). The quantitative estimate of drug-likeness (QED) is 0.367. The van der Waals surface area contributed by atoms with Crippen LogP contribution in [0, 0.1) is 0 Å². The van der Waals surface area contributed by atoms with Gasteiger partial charge in [0.2, 0.25) is 0 Å². The van der Waals surface area contributed by atoms with Crippen molar-refractivity contribution in [2.45, 2.75) is 39.5 Å². The number of allylic oxidation sites excluding steroid dienone is 3. The first kappa shape index (κ1) is 21.7. The molecule has 0 aliphatic heterocycles. The first-order valence-corrected chi connectivity index (χ1v) is 9.94. The maximum absolute atomic E-state index is 11.4. The van der Waals surface area contributed by atoms with Gasteiger partial charge in [-0.05, 0) is 55.5 Å². The number of benzene rings is 1. The standard InChI is InChI=1S/C21H24N2O3.C2H6/c24-21(23-25)20-12-11-19(26-20)18-8-4-7-17(9-10-18)15-22-14-13-16-5-2-1-3-6-16;1-2/h1-3,5-6,9-12,22,25H,4,7-8,13-15H2,(H,23,24);1-2H3. The smallest absolute Gasteiger partial charge is 0.310 e. The maximum Gasteiger partial charge on any atom is 0.310 e. The summed E-state index contributed by atoms with van der Waals surface area (Å²) < 4.78 is 5.53. The lowest BCUT2D eigenvalue weighted by Gasteiger charge is -2.07. The number of carbonyl (C=O) groups is 1. The highest BCUT2D eigenvalue weighted by atomic mass is 16.5. The van der Waals surface area contributed by atoms with Crippen LogP contribution in [0.5, 0.6) is 0 Å². The summed E-state index contributed by atoms with van der Waals surface area (Å²) >= 11 is 0. The molecule has 1 heterocycles. The molecule has 1 aliphatic carbocycles. The molecule has 0 spiro atoms. The van der Waals surface area contributed by atoms with Crippen molar-refractivity contribution in [3.63, 3.8) is 0 Å². The largest absolute Gasteiger partial charge is 0.451 e. The Balaban J connectivity index is 0.00000136. The summed E-state index contributed by atoms with van der Waals surface area (Å²) in [6, 6.07) is 13.8. The molecule has 1 aromatic heterocycles. The maximum atomic E-state index is 11.4. The van der Waals surface area contributed by atoms with Gasteiger partial charge in [-0.2, -0.15) is 0 Å². The summed E-state index contributed by atoms with van der Waals surface area (Å²) in [7, 11) is 0. The Morgan fingerprint density at radius 2 is 1.86 bits per heavy atom. The predicted octanol–water partition coefficient (Wildman–Crippen LogP) is 4.75. The van der Waals surface area contributed by atoms with Gasteiger partial charge in [-0.3, -0.25) is 10.0 Å². The summed E-state index contributed by atoms with van der Waals surface area (Å²) in [6.07, 6.45) is 8.23. The number of nitrogens with one attached hydrogen (secondary N) is 2. The van der Waals surface area contributed by atoms with E-state index in [1.165, 1.54) is 11.1 Å². The van der Waals surface area contributed by atoms with Crippen LogP contribution >= 0.6 is 0 Å². The Kier molecular flexibility index (Phi) is 9.25. The van der Waals surface area contributed by atoms with Crippen molar-refractivity contribution in [3.8, 4) is 0 Å². The van der Waals surface area contributed by atoms with E-state index in [1.807, 2.05) is 19.9 Å². The molecule has 3 N–H and O–H groups in total. The van der Waals surface area contributed by atoms with Crippen LogP contribution in [-0.4, -0.2) is 24.2 Å². The molecule has 0 bridgehead atoms. The van der Waals surface area contributed by atoms with Gasteiger partial charge in [-0.25, -0.2) is 5.48 Å². The number of rotatable bonds is 7. The Morgan fingerprint density at radius 1 is 1.07 bits per heavy atom.